The molecule has 30 heavy (non-hydrogen) atoms. The van der Waals surface area contributed by atoms with Crippen molar-refractivity contribution in [2.24, 2.45) is 0 Å². The zero-order valence-corrected chi connectivity index (χ0v) is 17.8. The highest BCUT2D eigenvalue weighted by Crippen LogP contribution is 2.34. The molecule has 0 heterocycles. The molecule has 0 aromatic heterocycles. The van der Waals surface area contributed by atoms with E-state index in [0.717, 1.165) is 17.1 Å². The molecule has 4 rings (SSSR count). The second kappa shape index (κ2) is 8.84. The molecule has 0 saturated heterocycles. The van der Waals surface area contributed by atoms with Crippen LogP contribution in [0.15, 0.2) is 97.1 Å². The Kier molecular flexibility index (Phi) is 5.81. The SMILES string of the molecule is Cc1ccc(N(c2ccc(C)cc2)c2ccc(C=Cc3ccccc3C)cc2)cc1. The first-order valence-corrected chi connectivity index (χ1v) is 10.4. The zero-order valence-electron chi connectivity index (χ0n) is 17.8. The average Bonchev–Trinajstić information content (AvgIpc) is 2.77. The predicted molar refractivity (Wildman–Crippen MR) is 131 cm³/mol. The summed E-state index contributed by atoms with van der Waals surface area (Å²) in [5, 5.41) is 0. The van der Waals surface area contributed by atoms with E-state index in [9.17, 15) is 0 Å². The molecule has 0 radical (unpaired) electrons. The number of nitrogens with zero attached hydrogens (tertiary/aromatic N) is 1. The van der Waals surface area contributed by atoms with E-state index in [4.69, 9.17) is 0 Å². The second-order valence-electron chi connectivity index (χ2n) is 7.79. The molecule has 0 unspecified atom stereocenters. The molecule has 1 nitrogen and oxygen atoms in total. The summed E-state index contributed by atoms with van der Waals surface area (Å²) in [5.74, 6) is 0. The van der Waals surface area contributed by atoms with Crippen LogP contribution in [0.3, 0.4) is 0 Å². The lowest BCUT2D eigenvalue weighted by atomic mass is 10.1. The largest absolute Gasteiger partial charge is 0.311 e. The van der Waals surface area contributed by atoms with Crippen molar-refractivity contribution in [3.63, 3.8) is 0 Å². The minimum atomic E-state index is 1.15. The molecular formula is C29H27N. The third kappa shape index (κ3) is 4.52. The van der Waals surface area contributed by atoms with Crippen LogP contribution in [-0.4, -0.2) is 0 Å². The number of benzene rings is 4. The third-order valence-corrected chi connectivity index (χ3v) is 5.38. The highest BCUT2D eigenvalue weighted by atomic mass is 15.1. The molecule has 0 aliphatic rings. The van der Waals surface area contributed by atoms with Gasteiger partial charge in [-0.05, 0) is 73.9 Å². The Bertz CT molecular complexity index is 1090. The van der Waals surface area contributed by atoms with E-state index < -0.39 is 0 Å². The van der Waals surface area contributed by atoms with Crippen LogP contribution in [0.2, 0.25) is 0 Å². The van der Waals surface area contributed by atoms with E-state index in [1.165, 1.54) is 27.8 Å². The molecule has 0 aliphatic carbocycles. The molecule has 0 bridgehead atoms. The quantitative estimate of drug-likeness (QED) is 0.311. The Morgan fingerprint density at radius 1 is 0.500 bits per heavy atom. The lowest BCUT2D eigenvalue weighted by Crippen LogP contribution is -2.09. The normalized spacial score (nSPS) is 11.0. The van der Waals surface area contributed by atoms with Crippen LogP contribution in [0, 0.1) is 20.8 Å². The Labute approximate surface area is 179 Å². The fraction of sp³-hybridized carbons (Fsp3) is 0.103. The average molecular weight is 390 g/mol. The molecule has 0 aliphatic heterocycles. The van der Waals surface area contributed by atoms with E-state index in [0.29, 0.717) is 0 Å². The van der Waals surface area contributed by atoms with Gasteiger partial charge < -0.3 is 4.90 Å². The first-order chi connectivity index (χ1) is 14.6. The third-order valence-electron chi connectivity index (χ3n) is 5.38. The molecule has 0 N–H and O–H groups in total. The Hall–Kier alpha value is -3.58. The van der Waals surface area contributed by atoms with E-state index in [2.05, 4.69) is 135 Å². The lowest BCUT2D eigenvalue weighted by Gasteiger charge is -2.25. The molecule has 0 fully saturated rings. The Balaban J connectivity index is 1.66. The van der Waals surface area contributed by atoms with Crippen molar-refractivity contribution in [2.75, 3.05) is 4.90 Å². The van der Waals surface area contributed by atoms with E-state index in [1.54, 1.807) is 0 Å². The highest BCUT2D eigenvalue weighted by Gasteiger charge is 2.12. The summed E-state index contributed by atoms with van der Waals surface area (Å²) in [6, 6.07) is 34.6. The number of hydrogen-bond donors (Lipinski definition) is 0. The maximum Gasteiger partial charge on any atom is 0.0462 e. The van der Waals surface area contributed by atoms with Gasteiger partial charge in [0.2, 0.25) is 0 Å². The first kappa shape index (κ1) is 19.7. The topological polar surface area (TPSA) is 3.24 Å². The van der Waals surface area contributed by atoms with Gasteiger partial charge in [-0.25, -0.2) is 0 Å². The van der Waals surface area contributed by atoms with E-state index >= 15 is 0 Å². The van der Waals surface area contributed by atoms with Crippen LogP contribution in [0.4, 0.5) is 17.1 Å². The van der Waals surface area contributed by atoms with Crippen molar-refractivity contribution < 1.29 is 0 Å². The summed E-state index contributed by atoms with van der Waals surface area (Å²) in [5.41, 5.74) is 9.72. The van der Waals surface area contributed by atoms with Gasteiger partial charge in [0.1, 0.15) is 0 Å². The summed E-state index contributed by atoms with van der Waals surface area (Å²) < 4.78 is 0. The van der Waals surface area contributed by atoms with Gasteiger partial charge in [0.15, 0.2) is 0 Å². The lowest BCUT2D eigenvalue weighted by molar-refractivity contribution is 1.27. The van der Waals surface area contributed by atoms with Crippen LogP contribution in [0.1, 0.15) is 27.8 Å². The number of anilines is 3. The van der Waals surface area contributed by atoms with Crippen molar-refractivity contribution in [1.29, 1.82) is 0 Å². The smallest absolute Gasteiger partial charge is 0.0462 e. The Morgan fingerprint density at radius 3 is 1.47 bits per heavy atom. The molecule has 0 atom stereocenters. The molecule has 0 amide bonds. The summed E-state index contributed by atoms with van der Waals surface area (Å²) in [4.78, 5) is 2.30. The number of rotatable bonds is 5. The van der Waals surface area contributed by atoms with Gasteiger partial charge in [-0.2, -0.15) is 0 Å². The van der Waals surface area contributed by atoms with Gasteiger partial charge in [-0.3, -0.25) is 0 Å². The molecule has 4 aromatic carbocycles. The van der Waals surface area contributed by atoms with Gasteiger partial charge in [0, 0.05) is 17.1 Å². The van der Waals surface area contributed by atoms with Crippen LogP contribution in [0.25, 0.3) is 12.2 Å². The van der Waals surface area contributed by atoms with E-state index in [-0.39, 0.29) is 0 Å². The van der Waals surface area contributed by atoms with Crippen molar-refractivity contribution in [1.82, 2.24) is 0 Å². The molecule has 148 valence electrons. The minimum absolute atomic E-state index is 1.15. The first-order valence-electron chi connectivity index (χ1n) is 10.4. The van der Waals surface area contributed by atoms with Crippen LogP contribution < -0.4 is 4.90 Å². The molecule has 1 heteroatoms. The molecule has 4 aromatic rings. The molecular weight excluding hydrogens is 362 g/mol. The summed E-state index contributed by atoms with van der Waals surface area (Å²) in [6.07, 6.45) is 4.36. The van der Waals surface area contributed by atoms with Crippen molar-refractivity contribution in [2.45, 2.75) is 20.8 Å². The summed E-state index contributed by atoms with van der Waals surface area (Å²) in [7, 11) is 0. The van der Waals surface area contributed by atoms with E-state index in [1.807, 2.05) is 0 Å². The van der Waals surface area contributed by atoms with Crippen LogP contribution in [0.5, 0.6) is 0 Å². The van der Waals surface area contributed by atoms with Crippen molar-refractivity contribution in [3.8, 4) is 0 Å². The minimum Gasteiger partial charge on any atom is -0.311 e. The van der Waals surface area contributed by atoms with Gasteiger partial charge >= 0.3 is 0 Å². The predicted octanol–water partition coefficient (Wildman–Crippen LogP) is 8.25. The second-order valence-corrected chi connectivity index (χ2v) is 7.79. The number of hydrogen-bond acceptors (Lipinski definition) is 1. The van der Waals surface area contributed by atoms with Gasteiger partial charge in [0.25, 0.3) is 0 Å². The molecule has 0 saturated carbocycles. The fourth-order valence-corrected chi connectivity index (χ4v) is 3.53. The van der Waals surface area contributed by atoms with Crippen molar-refractivity contribution >= 4 is 29.2 Å². The number of aryl methyl sites for hydroxylation is 3. The zero-order chi connectivity index (χ0) is 20.9. The fourth-order valence-electron chi connectivity index (χ4n) is 3.53. The van der Waals surface area contributed by atoms with Gasteiger partial charge in [-0.1, -0.05) is 83.9 Å². The van der Waals surface area contributed by atoms with Crippen molar-refractivity contribution in [3.05, 3.63) is 125 Å². The maximum atomic E-state index is 2.30. The monoisotopic (exact) mass is 389 g/mol. The van der Waals surface area contributed by atoms with Gasteiger partial charge in [-0.15, -0.1) is 0 Å². The van der Waals surface area contributed by atoms with Crippen LogP contribution >= 0.6 is 0 Å². The highest BCUT2D eigenvalue weighted by molar-refractivity contribution is 5.78. The Morgan fingerprint density at radius 2 is 0.967 bits per heavy atom. The maximum absolute atomic E-state index is 2.30. The summed E-state index contributed by atoms with van der Waals surface area (Å²) >= 11 is 0. The summed E-state index contributed by atoms with van der Waals surface area (Å²) in [6.45, 7) is 6.38. The standard InChI is InChI=1S/C29H27N/c1-22-8-16-27(17-9-22)30(28-18-10-23(2)11-19-28)29-20-13-25(14-21-29)12-15-26-7-5-4-6-24(26)3/h4-21H,1-3H3. The van der Waals surface area contributed by atoms with Gasteiger partial charge in [0.05, 0.1) is 0 Å². The van der Waals surface area contributed by atoms with Crippen LogP contribution in [-0.2, 0) is 0 Å². The molecule has 0 spiro atoms.